The third-order valence-corrected chi connectivity index (χ3v) is 5.38. The molecule has 1 aromatic heterocycles. The van der Waals surface area contributed by atoms with E-state index in [1.807, 2.05) is 43.3 Å². The molecule has 1 aliphatic heterocycles. The Morgan fingerprint density at radius 3 is 2.61 bits per heavy atom. The molecule has 1 amide bonds. The molecule has 0 radical (unpaired) electrons. The lowest BCUT2D eigenvalue weighted by Crippen LogP contribution is -2.41. The minimum Gasteiger partial charge on any atom is -0.387 e. The summed E-state index contributed by atoms with van der Waals surface area (Å²) in [6.45, 7) is 5.02. The lowest BCUT2D eigenvalue weighted by atomic mass is 9.96. The minimum atomic E-state index is -0.467. The van der Waals surface area contributed by atoms with E-state index in [1.54, 1.807) is 6.20 Å². The van der Waals surface area contributed by atoms with Crippen molar-refractivity contribution in [2.45, 2.75) is 32.4 Å². The first kappa shape index (κ1) is 20.3. The predicted octanol–water partition coefficient (Wildman–Crippen LogP) is 1.72. The van der Waals surface area contributed by atoms with Crippen LogP contribution in [0.3, 0.4) is 0 Å². The van der Waals surface area contributed by atoms with Gasteiger partial charge >= 0.3 is 0 Å². The van der Waals surface area contributed by atoms with Gasteiger partial charge in [0.15, 0.2) is 0 Å². The summed E-state index contributed by atoms with van der Waals surface area (Å²) in [5, 5.41) is 13.3. The summed E-state index contributed by atoms with van der Waals surface area (Å²) in [6.07, 6.45) is 3.18. The van der Waals surface area contributed by atoms with Crippen molar-refractivity contribution in [3.8, 4) is 0 Å². The maximum absolute atomic E-state index is 12.1. The molecule has 1 saturated heterocycles. The van der Waals surface area contributed by atoms with Crippen molar-refractivity contribution in [1.29, 1.82) is 0 Å². The third kappa shape index (κ3) is 5.78. The van der Waals surface area contributed by atoms with E-state index in [9.17, 15) is 14.7 Å². The van der Waals surface area contributed by atoms with Crippen LogP contribution in [-0.4, -0.2) is 46.7 Å². The van der Waals surface area contributed by atoms with Gasteiger partial charge in [-0.05, 0) is 56.0 Å². The Kier molecular flexibility index (Phi) is 7.01. The molecule has 1 aliphatic rings. The number of β-amino-alcohol motifs (C(OH)–C–C–N with tert-alkyl or cyclic N) is 1. The highest BCUT2D eigenvalue weighted by atomic mass is 16.3. The zero-order chi connectivity index (χ0) is 19.9. The van der Waals surface area contributed by atoms with Crippen LogP contribution in [0.25, 0.3) is 0 Å². The molecule has 1 atom stereocenters. The number of aromatic nitrogens is 1. The molecule has 1 aromatic carbocycles. The van der Waals surface area contributed by atoms with Gasteiger partial charge in [0.25, 0.3) is 5.56 Å². The molecule has 0 saturated carbocycles. The van der Waals surface area contributed by atoms with E-state index in [2.05, 4.69) is 10.2 Å². The molecule has 28 heavy (non-hydrogen) atoms. The number of amides is 1. The number of aryl methyl sites for hydroxylation is 1. The number of nitrogens with one attached hydrogen (secondary N) is 1. The second-order valence-corrected chi connectivity index (χ2v) is 7.64. The van der Waals surface area contributed by atoms with Crippen molar-refractivity contribution >= 4 is 5.91 Å². The van der Waals surface area contributed by atoms with Crippen molar-refractivity contribution in [2.75, 3.05) is 26.2 Å². The first-order valence-corrected chi connectivity index (χ1v) is 9.90. The van der Waals surface area contributed by atoms with Crippen LogP contribution in [0.4, 0.5) is 0 Å². The number of pyridine rings is 1. The minimum absolute atomic E-state index is 0.0568. The topological polar surface area (TPSA) is 74.6 Å². The first-order valence-electron chi connectivity index (χ1n) is 9.90. The zero-order valence-corrected chi connectivity index (χ0v) is 16.4. The normalized spacial score (nSPS) is 16.6. The Hall–Kier alpha value is -2.44. The number of hydrogen-bond donors (Lipinski definition) is 2. The molecule has 2 N–H and O–H groups in total. The van der Waals surface area contributed by atoms with Gasteiger partial charge in [0, 0.05) is 25.4 Å². The molecule has 1 fully saturated rings. The van der Waals surface area contributed by atoms with E-state index in [4.69, 9.17) is 0 Å². The second-order valence-electron chi connectivity index (χ2n) is 7.64. The number of carbonyl (C=O) groups excluding carboxylic acids is 1. The summed E-state index contributed by atoms with van der Waals surface area (Å²) in [5.74, 6) is 0.302. The number of rotatable bonds is 7. The molecular weight excluding hydrogens is 354 g/mol. The molecule has 150 valence electrons. The van der Waals surface area contributed by atoms with Crippen molar-refractivity contribution in [2.24, 2.45) is 5.92 Å². The van der Waals surface area contributed by atoms with E-state index in [-0.39, 0.29) is 18.0 Å². The van der Waals surface area contributed by atoms with Crippen LogP contribution in [-0.2, 0) is 11.3 Å². The molecule has 0 bridgehead atoms. The van der Waals surface area contributed by atoms with Gasteiger partial charge in [-0.1, -0.05) is 30.3 Å². The van der Waals surface area contributed by atoms with Gasteiger partial charge in [-0.3, -0.25) is 9.59 Å². The molecule has 2 heterocycles. The van der Waals surface area contributed by atoms with Gasteiger partial charge in [-0.15, -0.1) is 0 Å². The van der Waals surface area contributed by atoms with Gasteiger partial charge < -0.3 is 19.9 Å². The smallest absolute Gasteiger partial charge is 0.251 e. The quantitative estimate of drug-likeness (QED) is 0.764. The summed E-state index contributed by atoms with van der Waals surface area (Å²) in [7, 11) is 0. The summed E-state index contributed by atoms with van der Waals surface area (Å²) >= 11 is 0. The molecule has 6 heteroatoms. The van der Waals surface area contributed by atoms with E-state index in [1.165, 1.54) is 10.6 Å². The Labute approximate surface area is 165 Å². The molecule has 0 unspecified atom stereocenters. The SMILES string of the molecule is Cc1ccn(CC(=O)NCC2CCN(C[C@@H](O)c3ccccc3)CC2)c(=O)c1. The summed E-state index contributed by atoms with van der Waals surface area (Å²) in [6, 6.07) is 13.1. The van der Waals surface area contributed by atoms with E-state index >= 15 is 0 Å². The molecule has 0 spiro atoms. The van der Waals surface area contributed by atoms with Crippen LogP contribution in [0.1, 0.15) is 30.1 Å². The lowest BCUT2D eigenvalue weighted by Gasteiger charge is -2.33. The van der Waals surface area contributed by atoms with Crippen LogP contribution >= 0.6 is 0 Å². The van der Waals surface area contributed by atoms with Gasteiger partial charge in [0.05, 0.1) is 6.10 Å². The van der Waals surface area contributed by atoms with Crippen LogP contribution in [0.2, 0.25) is 0 Å². The van der Waals surface area contributed by atoms with Crippen LogP contribution in [0, 0.1) is 12.8 Å². The highest BCUT2D eigenvalue weighted by molar-refractivity contribution is 5.75. The third-order valence-electron chi connectivity index (χ3n) is 5.38. The van der Waals surface area contributed by atoms with E-state index in [0.717, 1.165) is 37.1 Å². The van der Waals surface area contributed by atoms with Crippen molar-refractivity contribution < 1.29 is 9.90 Å². The van der Waals surface area contributed by atoms with Crippen molar-refractivity contribution in [3.63, 3.8) is 0 Å². The average molecular weight is 383 g/mol. The average Bonchev–Trinajstić information content (AvgIpc) is 2.70. The van der Waals surface area contributed by atoms with Gasteiger partial charge in [-0.2, -0.15) is 0 Å². The molecule has 3 rings (SSSR count). The van der Waals surface area contributed by atoms with Crippen molar-refractivity contribution in [3.05, 3.63) is 70.1 Å². The van der Waals surface area contributed by atoms with Gasteiger partial charge in [0.1, 0.15) is 6.54 Å². The summed E-state index contributed by atoms with van der Waals surface area (Å²) in [4.78, 5) is 26.3. The molecular formula is C22H29N3O3. The van der Waals surface area contributed by atoms with E-state index in [0.29, 0.717) is 19.0 Å². The van der Waals surface area contributed by atoms with Gasteiger partial charge in [0.2, 0.25) is 5.91 Å². The fourth-order valence-corrected chi connectivity index (χ4v) is 3.60. The number of piperidine rings is 1. The number of nitrogens with zero attached hydrogens (tertiary/aromatic N) is 2. The largest absolute Gasteiger partial charge is 0.387 e. The zero-order valence-electron chi connectivity index (χ0n) is 16.4. The molecule has 2 aromatic rings. The Morgan fingerprint density at radius 2 is 1.93 bits per heavy atom. The number of hydrogen-bond acceptors (Lipinski definition) is 4. The predicted molar refractivity (Wildman–Crippen MR) is 109 cm³/mol. The first-order chi connectivity index (χ1) is 13.5. The Balaban J connectivity index is 1.38. The number of benzene rings is 1. The maximum Gasteiger partial charge on any atom is 0.251 e. The summed E-state index contributed by atoms with van der Waals surface area (Å²) < 4.78 is 1.43. The van der Waals surface area contributed by atoms with Crippen molar-refractivity contribution in [1.82, 2.24) is 14.8 Å². The summed E-state index contributed by atoms with van der Waals surface area (Å²) in [5.41, 5.74) is 1.69. The fraction of sp³-hybridized carbons (Fsp3) is 0.455. The highest BCUT2D eigenvalue weighted by Crippen LogP contribution is 2.20. The molecule has 6 nitrogen and oxygen atoms in total. The number of likely N-dealkylation sites (tertiary alicyclic amines) is 1. The fourth-order valence-electron chi connectivity index (χ4n) is 3.60. The van der Waals surface area contributed by atoms with E-state index < -0.39 is 6.10 Å². The van der Waals surface area contributed by atoms with Crippen LogP contribution in [0.5, 0.6) is 0 Å². The number of aliphatic hydroxyl groups is 1. The van der Waals surface area contributed by atoms with Crippen LogP contribution < -0.4 is 10.9 Å². The number of carbonyl (C=O) groups is 1. The monoisotopic (exact) mass is 383 g/mol. The second kappa shape index (κ2) is 9.66. The highest BCUT2D eigenvalue weighted by Gasteiger charge is 2.22. The Morgan fingerprint density at radius 1 is 1.21 bits per heavy atom. The Bertz CT molecular complexity index is 826. The number of aliphatic hydroxyl groups excluding tert-OH is 1. The molecule has 0 aliphatic carbocycles. The standard InChI is InChI=1S/C22H29N3O3/c1-17-7-12-25(22(28)13-17)16-21(27)23-14-18-8-10-24(11-9-18)15-20(26)19-5-3-2-4-6-19/h2-7,12-13,18,20,26H,8-11,14-16H2,1H3,(H,23,27)/t20-/m1/s1. The maximum atomic E-state index is 12.1. The van der Waals surface area contributed by atoms with Crippen LogP contribution in [0.15, 0.2) is 53.5 Å². The van der Waals surface area contributed by atoms with Gasteiger partial charge in [-0.25, -0.2) is 0 Å². The lowest BCUT2D eigenvalue weighted by molar-refractivity contribution is -0.122.